The highest BCUT2D eigenvalue weighted by atomic mass is 16.1. The number of nitrogens with zero attached hydrogens (tertiary/aromatic N) is 2. The predicted octanol–water partition coefficient (Wildman–Crippen LogP) is 3.22. The van der Waals surface area contributed by atoms with Gasteiger partial charge in [-0.25, -0.2) is 4.98 Å². The lowest BCUT2D eigenvalue weighted by molar-refractivity contribution is 0.402. The minimum atomic E-state index is -0.229. The van der Waals surface area contributed by atoms with E-state index < -0.39 is 0 Å². The predicted molar refractivity (Wildman–Crippen MR) is 116 cm³/mol. The number of nitrogens with one attached hydrogen (secondary N) is 4. The van der Waals surface area contributed by atoms with Crippen molar-refractivity contribution in [3.05, 3.63) is 53.1 Å². The van der Waals surface area contributed by atoms with Crippen molar-refractivity contribution in [3.63, 3.8) is 0 Å². The first-order chi connectivity index (χ1) is 14.2. The van der Waals surface area contributed by atoms with Crippen LogP contribution in [0, 0.1) is 0 Å². The van der Waals surface area contributed by atoms with Crippen molar-refractivity contribution in [1.82, 2.24) is 19.9 Å². The van der Waals surface area contributed by atoms with E-state index in [1.54, 1.807) is 12.3 Å². The Morgan fingerprint density at radius 2 is 1.90 bits per heavy atom. The first-order valence-electron chi connectivity index (χ1n) is 9.94. The Morgan fingerprint density at radius 3 is 2.79 bits per heavy atom. The summed E-state index contributed by atoms with van der Waals surface area (Å²) < 4.78 is 0. The molecule has 0 saturated heterocycles. The van der Waals surface area contributed by atoms with Crippen molar-refractivity contribution >= 4 is 39.3 Å². The summed E-state index contributed by atoms with van der Waals surface area (Å²) in [4.78, 5) is 27.7. The third-order valence-electron chi connectivity index (χ3n) is 5.60. The van der Waals surface area contributed by atoms with Crippen LogP contribution in [-0.2, 0) is 0 Å². The van der Waals surface area contributed by atoms with E-state index in [0.717, 1.165) is 42.3 Å². The third-order valence-corrected chi connectivity index (χ3v) is 5.60. The number of fused-ring (bicyclic) bond motifs is 2. The summed E-state index contributed by atoms with van der Waals surface area (Å²) >= 11 is 0. The first-order valence-corrected chi connectivity index (χ1v) is 9.94. The summed E-state index contributed by atoms with van der Waals surface area (Å²) in [5, 5.41) is 8.19. The second kappa shape index (κ2) is 7.21. The van der Waals surface area contributed by atoms with Gasteiger partial charge < -0.3 is 26.3 Å². The van der Waals surface area contributed by atoms with Crippen molar-refractivity contribution in [1.29, 1.82) is 0 Å². The zero-order valence-electron chi connectivity index (χ0n) is 15.9. The van der Waals surface area contributed by atoms with Gasteiger partial charge in [-0.1, -0.05) is 18.9 Å². The van der Waals surface area contributed by atoms with E-state index in [-0.39, 0.29) is 17.6 Å². The molecule has 2 unspecified atom stereocenters. The van der Waals surface area contributed by atoms with E-state index in [0.29, 0.717) is 22.7 Å². The molecule has 0 amide bonds. The van der Waals surface area contributed by atoms with E-state index >= 15 is 0 Å². The van der Waals surface area contributed by atoms with Gasteiger partial charge in [-0.15, -0.1) is 0 Å². The normalized spacial score (nSPS) is 19.5. The molecule has 6 N–H and O–H groups in total. The average Bonchev–Trinajstić information content (AvgIpc) is 3.20. The highest BCUT2D eigenvalue weighted by Gasteiger charge is 2.23. The molecule has 3 heterocycles. The van der Waals surface area contributed by atoms with Crippen LogP contribution in [0.3, 0.4) is 0 Å². The SMILES string of the molecule is NC1CCCCC1Nc1nc(Nc2cccc3[nH]ccc23)c2c(=O)[nH]ccc2n1. The van der Waals surface area contributed by atoms with E-state index in [4.69, 9.17) is 5.73 Å². The number of H-pyrrole nitrogens is 2. The van der Waals surface area contributed by atoms with Crippen molar-refractivity contribution in [2.75, 3.05) is 10.6 Å². The highest BCUT2D eigenvalue weighted by molar-refractivity contribution is 5.97. The number of pyridine rings is 1. The van der Waals surface area contributed by atoms with Crippen LogP contribution in [0.5, 0.6) is 0 Å². The highest BCUT2D eigenvalue weighted by Crippen LogP contribution is 2.28. The van der Waals surface area contributed by atoms with E-state index in [9.17, 15) is 4.79 Å². The molecule has 1 aliphatic rings. The summed E-state index contributed by atoms with van der Waals surface area (Å²) in [6.45, 7) is 0. The summed E-state index contributed by atoms with van der Waals surface area (Å²) in [7, 11) is 0. The number of anilines is 3. The molecule has 1 aromatic carbocycles. The van der Waals surface area contributed by atoms with Crippen LogP contribution >= 0.6 is 0 Å². The number of rotatable bonds is 4. The number of aromatic amines is 2. The van der Waals surface area contributed by atoms with Crippen LogP contribution in [0.1, 0.15) is 25.7 Å². The summed E-state index contributed by atoms with van der Waals surface area (Å²) in [5.74, 6) is 0.951. The van der Waals surface area contributed by atoms with Crippen LogP contribution in [0.4, 0.5) is 17.5 Å². The molecule has 148 valence electrons. The molecule has 0 bridgehead atoms. The molecule has 1 saturated carbocycles. The fourth-order valence-electron chi connectivity index (χ4n) is 4.07. The molecule has 0 radical (unpaired) electrons. The molecule has 1 fully saturated rings. The number of benzene rings is 1. The number of hydrogen-bond donors (Lipinski definition) is 5. The number of nitrogens with two attached hydrogens (primary N) is 1. The molecule has 4 aromatic rings. The summed E-state index contributed by atoms with van der Waals surface area (Å²) in [6, 6.07) is 9.90. The van der Waals surface area contributed by atoms with Gasteiger partial charge in [-0.3, -0.25) is 4.79 Å². The molecule has 1 aliphatic carbocycles. The third kappa shape index (κ3) is 3.31. The Balaban J connectivity index is 1.59. The lowest BCUT2D eigenvalue weighted by atomic mass is 9.91. The lowest BCUT2D eigenvalue weighted by Crippen LogP contribution is -2.43. The fourth-order valence-corrected chi connectivity index (χ4v) is 4.07. The summed E-state index contributed by atoms with van der Waals surface area (Å²) in [5.41, 5.74) is 8.51. The zero-order chi connectivity index (χ0) is 19.8. The second-order valence-electron chi connectivity index (χ2n) is 7.53. The Kier molecular flexibility index (Phi) is 4.40. The minimum absolute atomic E-state index is 0.0761. The molecule has 0 spiro atoms. The molecular formula is C21H23N7O. The van der Waals surface area contributed by atoms with Gasteiger partial charge in [0, 0.05) is 41.1 Å². The molecule has 0 aliphatic heterocycles. The van der Waals surface area contributed by atoms with Crippen molar-refractivity contribution in [2.45, 2.75) is 37.8 Å². The molecule has 8 heteroatoms. The van der Waals surface area contributed by atoms with Gasteiger partial charge >= 0.3 is 0 Å². The maximum atomic E-state index is 12.5. The van der Waals surface area contributed by atoms with Gasteiger partial charge in [0.25, 0.3) is 5.56 Å². The minimum Gasteiger partial charge on any atom is -0.361 e. The molecule has 2 atom stereocenters. The van der Waals surface area contributed by atoms with E-state index in [1.807, 2.05) is 30.5 Å². The Hall–Kier alpha value is -3.39. The standard InChI is InChI=1S/C21H23N7O/c22-13-4-1-2-5-16(13)26-21-27-17-9-11-24-20(29)18(17)19(28-21)25-15-7-3-6-14-12(15)8-10-23-14/h3,6-11,13,16,23H,1-2,4-5,22H2,(H,24,29)(H2,25,26,27,28). The topological polar surface area (TPSA) is 125 Å². The van der Waals surface area contributed by atoms with Gasteiger partial charge in [0.1, 0.15) is 11.2 Å². The summed E-state index contributed by atoms with van der Waals surface area (Å²) in [6.07, 6.45) is 7.76. The fraction of sp³-hybridized carbons (Fsp3) is 0.286. The monoisotopic (exact) mass is 389 g/mol. The first kappa shape index (κ1) is 17.7. The second-order valence-corrected chi connectivity index (χ2v) is 7.53. The Bertz CT molecular complexity index is 1230. The van der Waals surface area contributed by atoms with Crippen LogP contribution in [-0.4, -0.2) is 32.0 Å². The maximum Gasteiger partial charge on any atom is 0.261 e. The van der Waals surface area contributed by atoms with Gasteiger partial charge in [-0.05, 0) is 37.1 Å². The Labute approximate surface area is 167 Å². The Morgan fingerprint density at radius 1 is 1.03 bits per heavy atom. The van der Waals surface area contributed by atoms with Crippen LogP contribution in [0.25, 0.3) is 21.8 Å². The largest absolute Gasteiger partial charge is 0.361 e. The van der Waals surface area contributed by atoms with Crippen LogP contribution in [0.2, 0.25) is 0 Å². The van der Waals surface area contributed by atoms with Gasteiger partial charge in [0.05, 0.1) is 5.52 Å². The average molecular weight is 389 g/mol. The molecule has 8 nitrogen and oxygen atoms in total. The van der Waals surface area contributed by atoms with Gasteiger partial charge in [0.2, 0.25) is 5.95 Å². The smallest absolute Gasteiger partial charge is 0.261 e. The van der Waals surface area contributed by atoms with Gasteiger partial charge in [-0.2, -0.15) is 4.98 Å². The molecule has 29 heavy (non-hydrogen) atoms. The number of hydrogen-bond acceptors (Lipinski definition) is 6. The van der Waals surface area contributed by atoms with Crippen molar-refractivity contribution < 1.29 is 0 Å². The van der Waals surface area contributed by atoms with E-state index in [1.165, 1.54) is 0 Å². The molecular weight excluding hydrogens is 366 g/mol. The molecule has 3 aromatic heterocycles. The van der Waals surface area contributed by atoms with Crippen molar-refractivity contribution in [3.8, 4) is 0 Å². The van der Waals surface area contributed by atoms with E-state index in [2.05, 4.69) is 30.6 Å². The molecule has 5 rings (SSSR count). The van der Waals surface area contributed by atoms with Crippen molar-refractivity contribution in [2.24, 2.45) is 5.73 Å². The maximum absolute atomic E-state index is 12.5. The quantitative estimate of drug-likeness (QED) is 0.365. The lowest BCUT2D eigenvalue weighted by Gasteiger charge is -2.29. The van der Waals surface area contributed by atoms with Gasteiger partial charge in [0.15, 0.2) is 0 Å². The zero-order valence-corrected chi connectivity index (χ0v) is 15.9. The van der Waals surface area contributed by atoms with Crippen LogP contribution in [0.15, 0.2) is 47.5 Å². The number of aromatic nitrogens is 4. The van der Waals surface area contributed by atoms with Crippen LogP contribution < -0.4 is 21.9 Å².